The van der Waals surface area contributed by atoms with E-state index < -0.39 is 0 Å². The number of nitrogens with zero attached hydrogens (tertiary/aromatic N) is 1. The first kappa shape index (κ1) is 23.6. The maximum atomic E-state index is 13.8. The number of ether oxygens (including phenoxy) is 5. The molecule has 178 valence electrons. The smallest absolute Gasteiger partial charge is 0.261 e. The van der Waals surface area contributed by atoms with Gasteiger partial charge >= 0.3 is 0 Å². The van der Waals surface area contributed by atoms with E-state index in [2.05, 4.69) is 12.1 Å². The average molecular weight is 464 g/mol. The Labute approximate surface area is 199 Å². The molecule has 1 aliphatic heterocycles. The van der Waals surface area contributed by atoms with Gasteiger partial charge in [0.15, 0.2) is 13.6 Å². The lowest BCUT2D eigenvalue weighted by Gasteiger charge is -2.30. The first-order valence-electron chi connectivity index (χ1n) is 11.1. The highest BCUT2D eigenvalue weighted by Gasteiger charge is 2.28. The highest BCUT2D eigenvalue weighted by Crippen LogP contribution is 2.37. The van der Waals surface area contributed by atoms with Crippen molar-refractivity contribution in [1.29, 1.82) is 0 Å². The van der Waals surface area contributed by atoms with Gasteiger partial charge in [-0.3, -0.25) is 4.79 Å². The Hall–Kier alpha value is -3.55. The number of hydrogen-bond donors (Lipinski definition) is 0. The molecule has 34 heavy (non-hydrogen) atoms. The molecule has 3 aromatic carbocycles. The molecular formula is C27H29NO6. The Bertz CT molecular complexity index is 1100. The average Bonchev–Trinajstić information content (AvgIpc) is 2.89. The molecule has 3 aromatic rings. The third-order valence-corrected chi connectivity index (χ3v) is 5.58. The standard InChI is InChI=1S/C27H29NO6/c1-30-18-33-23-14-24(32-17-20-8-4-3-5-9-20)26(25(15-23)34-19-31-2)27(29)28-13-12-21-10-6-7-11-22(21)16-28/h3-11,14-15H,12-13,16-19H2,1-2H3. The molecule has 0 saturated heterocycles. The summed E-state index contributed by atoms with van der Waals surface area (Å²) in [5, 5.41) is 0. The Kier molecular flexibility index (Phi) is 8.01. The van der Waals surface area contributed by atoms with Crippen LogP contribution in [0.2, 0.25) is 0 Å². The normalized spacial score (nSPS) is 12.7. The topological polar surface area (TPSA) is 66.5 Å². The summed E-state index contributed by atoms with van der Waals surface area (Å²) in [6.07, 6.45) is 0.797. The fourth-order valence-electron chi connectivity index (χ4n) is 3.90. The number of benzene rings is 3. The first-order valence-corrected chi connectivity index (χ1v) is 11.1. The fraction of sp³-hybridized carbons (Fsp3) is 0.296. The Morgan fingerprint density at radius 3 is 2.21 bits per heavy atom. The minimum Gasteiger partial charge on any atom is -0.488 e. The molecule has 0 N–H and O–H groups in total. The summed E-state index contributed by atoms with van der Waals surface area (Å²) in [4.78, 5) is 15.6. The maximum absolute atomic E-state index is 13.8. The molecule has 0 spiro atoms. The van der Waals surface area contributed by atoms with Crippen molar-refractivity contribution in [2.24, 2.45) is 0 Å². The predicted octanol–water partition coefficient (Wildman–Crippen LogP) is 4.43. The zero-order valence-electron chi connectivity index (χ0n) is 19.5. The Morgan fingerprint density at radius 2 is 1.47 bits per heavy atom. The van der Waals surface area contributed by atoms with E-state index in [1.807, 2.05) is 47.4 Å². The molecule has 7 heteroatoms. The molecule has 0 aliphatic carbocycles. The minimum absolute atomic E-state index is 0.0189. The summed E-state index contributed by atoms with van der Waals surface area (Å²) < 4.78 is 27.8. The highest BCUT2D eigenvalue weighted by atomic mass is 16.7. The van der Waals surface area contributed by atoms with Crippen LogP contribution in [0, 0.1) is 0 Å². The quantitative estimate of drug-likeness (QED) is 0.415. The second kappa shape index (κ2) is 11.5. The monoisotopic (exact) mass is 463 g/mol. The van der Waals surface area contributed by atoms with Gasteiger partial charge in [0.1, 0.15) is 29.4 Å². The Morgan fingerprint density at radius 1 is 0.824 bits per heavy atom. The second-order valence-corrected chi connectivity index (χ2v) is 7.92. The van der Waals surface area contributed by atoms with E-state index in [0.29, 0.717) is 42.5 Å². The molecule has 7 nitrogen and oxygen atoms in total. The zero-order valence-corrected chi connectivity index (χ0v) is 19.5. The van der Waals surface area contributed by atoms with Gasteiger partial charge in [0, 0.05) is 39.4 Å². The molecule has 0 unspecified atom stereocenters. The van der Waals surface area contributed by atoms with Crippen LogP contribution in [-0.2, 0) is 29.0 Å². The second-order valence-electron chi connectivity index (χ2n) is 7.92. The van der Waals surface area contributed by atoms with E-state index in [1.54, 1.807) is 19.2 Å². The molecule has 1 heterocycles. The summed E-state index contributed by atoms with van der Waals surface area (Å²) in [6.45, 7) is 1.47. The summed E-state index contributed by atoms with van der Waals surface area (Å²) in [5.74, 6) is 1.02. The van der Waals surface area contributed by atoms with Crippen LogP contribution >= 0.6 is 0 Å². The molecule has 0 atom stereocenters. The minimum atomic E-state index is -0.165. The van der Waals surface area contributed by atoms with E-state index >= 15 is 0 Å². The number of amides is 1. The number of fused-ring (bicyclic) bond motifs is 1. The lowest BCUT2D eigenvalue weighted by Crippen LogP contribution is -2.36. The van der Waals surface area contributed by atoms with Crippen LogP contribution in [0.5, 0.6) is 17.2 Å². The van der Waals surface area contributed by atoms with Gasteiger partial charge in [0.2, 0.25) is 0 Å². The molecule has 0 bridgehead atoms. The molecule has 0 radical (unpaired) electrons. The molecule has 0 aromatic heterocycles. The van der Waals surface area contributed by atoms with Crippen LogP contribution in [0.3, 0.4) is 0 Å². The van der Waals surface area contributed by atoms with Crippen molar-refractivity contribution < 1.29 is 28.5 Å². The molecular weight excluding hydrogens is 434 g/mol. The maximum Gasteiger partial charge on any atom is 0.261 e. The number of rotatable bonds is 10. The number of methoxy groups -OCH3 is 2. The van der Waals surface area contributed by atoms with Gasteiger partial charge in [-0.25, -0.2) is 0 Å². The van der Waals surface area contributed by atoms with Crippen molar-refractivity contribution in [3.8, 4) is 17.2 Å². The molecule has 1 aliphatic rings. The van der Waals surface area contributed by atoms with Gasteiger partial charge < -0.3 is 28.6 Å². The SMILES string of the molecule is COCOc1cc(OCOC)c(C(=O)N2CCc3ccccc3C2)c(OCc2ccccc2)c1. The fourth-order valence-corrected chi connectivity index (χ4v) is 3.90. The third-order valence-electron chi connectivity index (χ3n) is 5.58. The van der Waals surface area contributed by atoms with Crippen molar-refractivity contribution in [3.05, 3.63) is 89.0 Å². The zero-order chi connectivity index (χ0) is 23.8. The molecule has 0 fully saturated rings. The van der Waals surface area contributed by atoms with Gasteiger partial charge in [0.25, 0.3) is 5.91 Å². The summed E-state index contributed by atoms with van der Waals surface area (Å²) in [5.41, 5.74) is 3.74. The van der Waals surface area contributed by atoms with Gasteiger partial charge in [-0.2, -0.15) is 0 Å². The van der Waals surface area contributed by atoms with Crippen LogP contribution in [0.4, 0.5) is 0 Å². The summed E-state index contributed by atoms with van der Waals surface area (Å²) >= 11 is 0. The molecule has 1 amide bonds. The van der Waals surface area contributed by atoms with Crippen LogP contribution in [0.1, 0.15) is 27.0 Å². The van der Waals surface area contributed by atoms with E-state index in [9.17, 15) is 4.79 Å². The largest absolute Gasteiger partial charge is 0.488 e. The van der Waals surface area contributed by atoms with Crippen LogP contribution in [0.15, 0.2) is 66.7 Å². The van der Waals surface area contributed by atoms with E-state index in [0.717, 1.165) is 17.5 Å². The Balaban J connectivity index is 1.68. The van der Waals surface area contributed by atoms with Crippen LogP contribution in [-0.4, -0.2) is 45.2 Å². The number of carbonyl (C=O) groups excluding carboxylic acids is 1. The highest BCUT2D eigenvalue weighted by molar-refractivity contribution is 6.00. The van der Waals surface area contributed by atoms with Crippen molar-refractivity contribution in [2.45, 2.75) is 19.6 Å². The van der Waals surface area contributed by atoms with Gasteiger partial charge in [-0.05, 0) is 23.1 Å². The van der Waals surface area contributed by atoms with Crippen molar-refractivity contribution in [1.82, 2.24) is 4.90 Å². The van der Waals surface area contributed by atoms with E-state index in [-0.39, 0.29) is 19.5 Å². The van der Waals surface area contributed by atoms with Crippen molar-refractivity contribution in [2.75, 3.05) is 34.4 Å². The molecule has 4 rings (SSSR count). The van der Waals surface area contributed by atoms with Gasteiger partial charge in [-0.1, -0.05) is 54.6 Å². The van der Waals surface area contributed by atoms with Gasteiger partial charge in [0.05, 0.1) is 0 Å². The lowest BCUT2D eigenvalue weighted by molar-refractivity contribution is 0.0442. The van der Waals surface area contributed by atoms with E-state index in [1.165, 1.54) is 12.7 Å². The van der Waals surface area contributed by atoms with Crippen molar-refractivity contribution >= 4 is 5.91 Å². The third kappa shape index (κ3) is 5.68. The van der Waals surface area contributed by atoms with Crippen molar-refractivity contribution in [3.63, 3.8) is 0 Å². The molecule has 0 saturated carbocycles. The van der Waals surface area contributed by atoms with E-state index in [4.69, 9.17) is 23.7 Å². The lowest BCUT2D eigenvalue weighted by atomic mass is 9.99. The summed E-state index contributed by atoms with van der Waals surface area (Å²) in [7, 11) is 3.07. The van der Waals surface area contributed by atoms with Gasteiger partial charge in [-0.15, -0.1) is 0 Å². The first-order chi connectivity index (χ1) is 16.7. The summed E-state index contributed by atoms with van der Waals surface area (Å²) in [6, 6.07) is 21.3. The number of carbonyl (C=O) groups is 1. The van der Waals surface area contributed by atoms with Crippen LogP contribution < -0.4 is 14.2 Å². The predicted molar refractivity (Wildman–Crippen MR) is 127 cm³/mol. The number of hydrogen-bond acceptors (Lipinski definition) is 6. The van der Waals surface area contributed by atoms with Crippen LogP contribution in [0.25, 0.3) is 0 Å².